The Morgan fingerprint density at radius 1 is 1.53 bits per heavy atom. The van der Waals surface area contributed by atoms with Crippen molar-refractivity contribution in [1.29, 1.82) is 0 Å². The number of hydrogen-bond donors (Lipinski definition) is 1. The molecule has 88 valence electrons. The van der Waals surface area contributed by atoms with Gasteiger partial charge < -0.3 is 0 Å². The van der Waals surface area contributed by atoms with E-state index in [1.54, 1.807) is 17.9 Å². The highest BCUT2D eigenvalue weighted by Crippen LogP contribution is 2.42. The van der Waals surface area contributed by atoms with Gasteiger partial charge in [0.1, 0.15) is 5.01 Å². The third-order valence-electron chi connectivity index (χ3n) is 2.55. The van der Waals surface area contributed by atoms with Gasteiger partial charge in [-0.25, -0.2) is 0 Å². The maximum atomic E-state index is 11.8. The Balaban J connectivity index is 1.71. The zero-order valence-corrected chi connectivity index (χ0v) is 10.1. The quantitative estimate of drug-likeness (QED) is 0.892. The van der Waals surface area contributed by atoms with E-state index in [-0.39, 0.29) is 5.91 Å². The molecule has 0 aromatic carbocycles. The van der Waals surface area contributed by atoms with Crippen molar-refractivity contribution < 1.29 is 4.79 Å². The number of aromatic nitrogens is 4. The van der Waals surface area contributed by atoms with Gasteiger partial charge in [-0.2, -0.15) is 5.10 Å². The van der Waals surface area contributed by atoms with Crippen molar-refractivity contribution in [3.63, 3.8) is 0 Å². The van der Waals surface area contributed by atoms with E-state index in [1.165, 1.54) is 30.4 Å². The molecule has 3 rings (SSSR count). The van der Waals surface area contributed by atoms with Gasteiger partial charge in [-0.1, -0.05) is 11.3 Å². The summed E-state index contributed by atoms with van der Waals surface area (Å²) in [6.07, 6.45) is 5.56. The van der Waals surface area contributed by atoms with Gasteiger partial charge in [-0.15, -0.1) is 10.2 Å². The number of carbonyl (C=O) groups is 1. The molecule has 17 heavy (non-hydrogen) atoms. The predicted molar refractivity (Wildman–Crippen MR) is 63.0 cm³/mol. The fourth-order valence-corrected chi connectivity index (χ4v) is 2.40. The molecule has 1 amide bonds. The van der Waals surface area contributed by atoms with E-state index in [4.69, 9.17) is 0 Å². The van der Waals surface area contributed by atoms with Gasteiger partial charge in [-0.05, 0) is 12.8 Å². The molecule has 1 aliphatic carbocycles. The lowest BCUT2D eigenvalue weighted by atomic mass is 10.3. The molecule has 0 atom stereocenters. The van der Waals surface area contributed by atoms with Crippen LogP contribution in [0.2, 0.25) is 0 Å². The number of aryl methyl sites for hydroxylation is 1. The average Bonchev–Trinajstić information content (AvgIpc) is 2.90. The smallest absolute Gasteiger partial charge is 0.260 e. The Labute approximate surface area is 102 Å². The SMILES string of the molecule is Cn1cc(C(=O)Nc2nnc(C3CC3)s2)cn1. The minimum atomic E-state index is -0.198. The Hall–Kier alpha value is -1.76. The fraction of sp³-hybridized carbons (Fsp3) is 0.400. The second kappa shape index (κ2) is 3.92. The topological polar surface area (TPSA) is 72.7 Å². The van der Waals surface area contributed by atoms with Crippen molar-refractivity contribution in [2.24, 2.45) is 7.05 Å². The van der Waals surface area contributed by atoms with Gasteiger partial charge in [0.15, 0.2) is 0 Å². The first kappa shape index (κ1) is 10.4. The third-order valence-corrected chi connectivity index (χ3v) is 3.56. The lowest BCUT2D eigenvalue weighted by Crippen LogP contribution is -2.10. The van der Waals surface area contributed by atoms with Crippen molar-refractivity contribution in [1.82, 2.24) is 20.0 Å². The molecule has 6 nitrogen and oxygen atoms in total. The van der Waals surface area contributed by atoms with Crippen molar-refractivity contribution in [2.75, 3.05) is 5.32 Å². The van der Waals surface area contributed by atoms with Crippen LogP contribution in [-0.4, -0.2) is 25.9 Å². The second-order valence-corrected chi connectivity index (χ2v) is 5.09. The van der Waals surface area contributed by atoms with E-state index >= 15 is 0 Å². The minimum Gasteiger partial charge on any atom is -0.296 e. The van der Waals surface area contributed by atoms with Crippen LogP contribution in [0.25, 0.3) is 0 Å². The highest BCUT2D eigenvalue weighted by Gasteiger charge is 2.27. The van der Waals surface area contributed by atoms with Gasteiger partial charge in [-0.3, -0.25) is 14.8 Å². The molecular formula is C10H11N5OS. The van der Waals surface area contributed by atoms with Gasteiger partial charge >= 0.3 is 0 Å². The largest absolute Gasteiger partial charge is 0.296 e. The van der Waals surface area contributed by atoms with Crippen LogP contribution in [0.4, 0.5) is 5.13 Å². The van der Waals surface area contributed by atoms with Crippen molar-refractivity contribution >= 4 is 22.4 Å². The molecular weight excluding hydrogens is 238 g/mol. The van der Waals surface area contributed by atoms with Crippen LogP contribution in [0.1, 0.15) is 34.1 Å². The fourth-order valence-electron chi connectivity index (χ4n) is 1.49. The summed E-state index contributed by atoms with van der Waals surface area (Å²) in [6.45, 7) is 0. The van der Waals surface area contributed by atoms with Gasteiger partial charge in [0.2, 0.25) is 5.13 Å². The monoisotopic (exact) mass is 249 g/mol. The first-order valence-electron chi connectivity index (χ1n) is 5.36. The number of rotatable bonds is 3. The zero-order chi connectivity index (χ0) is 11.8. The molecule has 2 aromatic heterocycles. The standard InChI is InChI=1S/C10H11N5OS/c1-15-5-7(4-11-15)8(16)12-10-14-13-9(17-10)6-2-3-6/h4-6H,2-3H2,1H3,(H,12,14,16). The van der Waals surface area contributed by atoms with Crippen molar-refractivity contribution in [3.8, 4) is 0 Å². The molecule has 0 aliphatic heterocycles. The number of anilines is 1. The third kappa shape index (κ3) is 2.19. The molecule has 2 heterocycles. The Bertz CT molecular complexity index is 557. The van der Waals surface area contributed by atoms with Crippen molar-refractivity contribution in [2.45, 2.75) is 18.8 Å². The molecule has 1 aliphatic rings. The van der Waals surface area contributed by atoms with Gasteiger partial charge in [0.25, 0.3) is 5.91 Å². The van der Waals surface area contributed by atoms with Crippen LogP contribution >= 0.6 is 11.3 Å². The normalized spacial score (nSPS) is 14.9. The maximum Gasteiger partial charge on any atom is 0.260 e. The molecule has 0 unspecified atom stereocenters. The van der Waals surface area contributed by atoms with E-state index in [1.807, 2.05) is 0 Å². The van der Waals surface area contributed by atoms with E-state index < -0.39 is 0 Å². The second-order valence-electron chi connectivity index (χ2n) is 4.08. The number of hydrogen-bond acceptors (Lipinski definition) is 5. The summed E-state index contributed by atoms with van der Waals surface area (Å²) in [5, 5.41) is 16.3. The molecule has 1 saturated carbocycles. The molecule has 7 heteroatoms. The predicted octanol–water partition coefficient (Wildman–Crippen LogP) is 1.40. The molecule has 0 spiro atoms. The molecule has 1 N–H and O–H groups in total. The molecule has 2 aromatic rings. The number of nitrogens with zero attached hydrogens (tertiary/aromatic N) is 4. The van der Waals surface area contributed by atoms with E-state index in [2.05, 4.69) is 20.6 Å². The van der Waals surface area contributed by atoms with Crippen LogP contribution in [0.5, 0.6) is 0 Å². The summed E-state index contributed by atoms with van der Waals surface area (Å²) in [4.78, 5) is 11.8. The lowest BCUT2D eigenvalue weighted by molar-refractivity contribution is 0.102. The van der Waals surface area contributed by atoms with E-state index in [0.717, 1.165) is 5.01 Å². The number of carbonyl (C=O) groups excluding carboxylic acids is 1. The van der Waals surface area contributed by atoms with Gasteiger partial charge in [0.05, 0.1) is 11.8 Å². The summed E-state index contributed by atoms with van der Waals surface area (Å²) in [5.74, 6) is 0.369. The Kier molecular flexibility index (Phi) is 2.40. The van der Waals surface area contributed by atoms with E-state index in [9.17, 15) is 4.79 Å². The summed E-state index contributed by atoms with van der Waals surface area (Å²) in [6, 6.07) is 0. The van der Waals surface area contributed by atoms with Crippen molar-refractivity contribution in [3.05, 3.63) is 23.0 Å². The molecule has 0 saturated heterocycles. The zero-order valence-electron chi connectivity index (χ0n) is 9.25. The minimum absolute atomic E-state index is 0.198. The number of amides is 1. The van der Waals surface area contributed by atoms with Crippen LogP contribution in [0.3, 0.4) is 0 Å². The highest BCUT2D eigenvalue weighted by molar-refractivity contribution is 7.15. The van der Waals surface area contributed by atoms with Crippen LogP contribution in [-0.2, 0) is 7.05 Å². The van der Waals surface area contributed by atoms with Crippen LogP contribution in [0.15, 0.2) is 12.4 Å². The highest BCUT2D eigenvalue weighted by atomic mass is 32.1. The molecule has 0 radical (unpaired) electrons. The average molecular weight is 249 g/mol. The Morgan fingerprint density at radius 3 is 3.00 bits per heavy atom. The van der Waals surface area contributed by atoms with Gasteiger partial charge in [0, 0.05) is 19.2 Å². The summed E-state index contributed by atoms with van der Waals surface area (Å²) in [5.41, 5.74) is 0.524. The first-order valence-corrected chi connectivity index (χ1v) is 6.17. The summed E-state index contributed by atoms with van der Waals surface area (Å²) in [7, 11) is 1.77. The van der Waals surface area contributed by atoms with E-state index in [0.29, 0.717) is 16.6 Å². The molecule has 0 bridgehead atoms. The first-order chi connectivity index (χ1) is 8.22. The maximum absolute atomic E-state index is 11.8. The summed E-state index contributed by atoms with van der Waals surface area (Å²) < 4.78 is 1.59. The van der Waals surface area contributed by atoms with Crippen LogP contribution < -0.4 is 5.32 Å². The molecule has 1 fully saturated rings. The Morgan fingerprint density at radius 2 is 2.35 bits per heavy atom. The summed E-state index contributed by atoms with van der Waals surface area (Å²) >= 11 is 1.45. The lowest BCUT2D eigenvalue weighted by Gasteiger charge is -1.96. The number of nitrogens with one attached hydrogen (secondary N) is 1. The van der Waals surface area contributed by atoms with Crippen LogP contribution in [0, 0.1) is 0 Å².